The van der Waals surface area contributed by atoms with Gasteiger partial charge in [-0.2, -0.15) is 0 Å². The van der Waals surface area contributed by atoms with Crippen LogP contribution in [-0.2, 0) is 14.8 Å². The molecule has 8 nitrogen and oxygen atoms in total. The van der Waals surface area contributed by atoms with Crippen LogP contribution in [0.4, 0.5) is 10.5 Å². The van der Waals surface area contributed by atoms with Crippen LogP contribution in [0.15, 0.2) is 29.2 Å². The van der Waals surface area contributed by atoms with E-state index in [2.05, 4.69) is 21.9 Å². The van der Waals surface area contributed by atoms with E-state index in [4.69, 9.17) is 4.74 Å². The lowest BCUT2D eigenvalue weighted by Gasteiger charge is -2.48. The molecule has 2 saturated heterocycles. The van der Waals surface area contributed by atoms with Crippen molar-refractivity contribution in [1.29, 1.82) is 0 Å². The number of likely N-dealkylation sites (tertiary alicyclic amines) is 1. The normalized spacial score (nSPS) is 21.0. The Kier molecular flexibility index (Phi) is 6.05. The molecule has 2 aliphatic heterocycles. The summed E-state index contributed by atoms with van der Waals surface area (Å²) < 4.78 is 31.5. The van der Waals surface area contributed by atoms with Gasteiger partial charge in [0.25, 0.3) is 0 Å². The van der Waals surface area contributed by atoms with Gasteiger partial charge in [-0.3, -0.25) is 4.90 Å². The van der Waals surface area contributed by atoms with E-state index >= 15 is 0 Å². The van der Waals surface area contributed by atoms with Crippen molar-refractivity contribution in [3.63, 3.8) is 0 Å². The molecule has 0 saturated carbocycles. The molecule has 27 heavy (non-hydrogen) atoms. The Bertz CT molecular complexity index is 769. The molecule has 2 heterocycles. The smallest absolute Gasteiger partial charge is 0.321 e. The quantitative estimate of drug-likeness (QED) is 0.801. The zero-order chi connectivity index (χ0) is 19.5. The standard InChI is InChI=1S/C18H28N4O4S/c1-18(22-10-12-26-13-11-22)6-8-21(9-7-18)17(23)20-15-4-3-5-16(14-15)27(24,25)19-2/h3-5,14,19H,6-13H2,1-2H3,(H,20,23). The summed E-state index contributed by atoms with van der Waals surface area (Å²) >= 11 is 0. The number of hydrogen-bond donors (Lipinski definition) is 2. The van der Waals surface area contributed by atoms with E-state index in [-0.39, 0.29) is 16.5 Å². The van der Waals surface area contributed by atoms with Crippen molar-refractivity contribution in [2.75, 3.05) is 51.8 Å². The summed E-state index contributed by atoms with van der Waals surface area (Å²) in [7, 11) is -2.18. The number of anilines is 1. The zero-order valence-corrected chi connectivity index (χ0v) is 16.7. The van der Waals surface area contributed by atoms with Crippen LogP contribution in [0.3, 0.4) is 0 Å². The molecule has 0 radical (unpaired) electrons. The number of urea groups is 1. The molecular formula is C18H28N4O4S. The van der Waals surface area contributed by atoms with Gasteiger partial charge in [0.05, 0.1) is 18.1 Å². The minimum atomic E-state index is -3.54. The Balaban J connectivity index is 1.59. The third-order valence-corrected chi connectivity index (χ3v) is 6.98. The number of hydrogen-bond acceptors (Lipinski definition) is 5. The lowest BCUT2D eigenvalue weighted by molar-refractivity contribution is -0.0352. The predicted molar refractivity (Wildman–Crippen MR) is 103 cm³/mol. The van der Waals surface area contributed by atoms with E-state index in [1.54, 1.807) is 17.0 Å². The van der Waals surface area contributed by atoms with Gasteiger partial charge in [0, 0.05) is 37.4 Å². The number of ether oxygens (including phenoxy) is 1. The number of piperidine rings is 1. The summed E-state index contributed by atoms with van der Waals surface area (Å²) in [4.78, 5) is 17.0. The maximum absolute atomic E-state index is 12.6. The van der Waals surface area contributed by atoms with Gasteiger partial charge >= 0.3 is 6.03 Å². The largest absolute Gasteiger partial charge is 0.379 e. The molecule has 9 heteroatoms. The first kappa shape index (κ1) is 20.1. The molecule has 2 fully saturated rings. The molecule has 150 valence electrons. The van der Waals surface area contributed by atoms with Gasteiger partial charge in [-0.1, -0.05) is 6.07 Å². The summed E-state index contributed by atoms with van der Waals surface area (Å²) in [6.07, 6.45) is 1.82. The molecule has 0 aromatic heterocycles. The van der Waals surface area contributed by atoms with Crippen LogP contribution >= 0.6 is 0 Å². The van der Waals surface area contributed by atoms with Crippen molar-refractivity contribution >= 4 is 21.7 Å². The molecule has 2 N–H and O–H groups in total. The number of morpholine rings is 1. The van der Waals surface area contributed by atoms with Gasteiger partial charge in [0.2, 0.25) is 10.0 Å². The van der Waals surface area contributed by atoms with Crippen molar-refractivity contribution in [2.45, 2.75) is 30.2 Å². The average molecular weight is 397 g/mol. The maximum atomic E-state index is 12.6. The monoisotopic (exact) mass is 396 g/mol. The molecule has 0 aliphatic carbocycles. The van der Waals surface area contributed by atoms with Crippen molar-refractivity contribution in [3.8, 4) is 0 Å². The number of sulfonamides is 1. The third-order valence-electron chi connectivity index (χ3n) is 5.57. The number of carbonyl (C=O) groups excluding carboxylic acids is 1. The van der Waals surface area contributed by atoms with Gasteiger partial charge in [-0.05, 0) is 45.0 Å². The summed E-state index contributed by atoms with van der Waals surface area (Å²) in [6.45, 7) is 7.03. The highest BCUT2D eigenvalue weighted by molar-refractivity contribution is 7.89. The SMILES string of the molecule is CNS(=O)(=O)c1cccc(NC(=O)N2CCC(C)(N3CCOCC3)CC2)c1. The topological polar surface area (TPSA) is 91.0 Å². The number of benzene rings is 1. The Hall–Kier alpha value is -1.68. The van der Waals surface area contributed by atoms with Crippen molar-refractivity contribution in [2.24, 2.45) is 0 Å². The Morgan fingerprint density at radius 2 is 1.81 bits per heavy atom. The maximum Gasteiger partial charge on any atom is 0.321 e. The number of nitrogens with one attached hydrogen (secondary N) is 2. The molecule has 3 rings (SSSR count). The molecule has 0 atom stereocenters. The molecule has 0 spiro atoms. The van der Waals surface area contributed by atoms with Crippen LogP contribution in [0.5, 0.6) is 0 Å². The fourth-order valence-electron chi connectivity index (χ4n) is 3.67. The van der Waals surface area contributed by atoms with Crippen LogP contribution in [0.25, 0.3) is 0 Å². The minimum Gasteiger partial charge on any atom is -0.379 e. The fraction of sp³-hybridized carbons (Fsp3) is 0.611. The van der Waals surface area contributed by atoms with Crippen LogP contribution in [0.2, 0.25) is 0 Å². The number of amides is 2. The lowest BCUT2D eigenvalue weighted by atomic mass is 9.87. The Labute approximate surface area is 160 Å². The Morgan fingerprint density at radius 1 is 1.15 bits per heavy atom. The Morgan fingerprint density at radius 3 is 2.44 bits per heavy atom. The highest BCUT2D eigenvalue weighted by atomic mass is 32.2. The van der Waals surface area contributed by atoms with Crippen LogP contribution < -0.4 is 10.0 Å². The third kappa shape index (κ3) is 4.60. The molecule has 0 unspecified atom stereocenters. The zero-order valence-electron chi connectivity index (χ0n) is 15.9. The second-order valence-electron chi connectivity index (χ2n) is 7.25. The van der Waals surface area contributed by atoms with E-state index in [1.165, 1.54) is 19.2 Å². The van der Waals surface area contributed by atoms with E-state index in [0.717, 1.165) is 39.1 Å². The number of rotatable bonds is 4. The molecule has 1 aromatic rings. The van der Waals surface area contributed by atoms with Crippen LogP contribution in [0.1, 0.15) is 19.8 Å². The fourth-order valence-corrected chi connectivity index (χ4v) is 4.45. The highest BCUT2D eigenvalue weighted by Gasteiger charge is 2.37. The van der Waals surface area contributed by atoms with E-state index in [9.17, 15) is 13.2 Å². The second kappa shape index (κ2) is 8.14. The van der Waals surface area contributed by atoms with Crippen LogP contribution in [0, 0.1) is 0 Å². The van der Waals surface area contributed by atoms with E-state index in [1.807, 2.05) is 0 Å². The first-order chi connectivity index (χ1) is 12.8. The van der Waals surface area contributed by atoms with Crippen molar-refractivity contribution < 1.29 is 17.9 Å². The van der Waals surface area contributed by atoms with Gasteiger partial charge in [-0.15, -0.1) is 0 Å². The van der Waals surface area contributed by atoms with Gasteiger partial charge < -0.3 is 15.0 Å². The molecule has 0 bridgehead atoms. The van der Waals surface area contributed by atoms with E-state index in [0.29, 0.717) is 18.8 Å². The predicted octanol–water partition coefficient (Wildman–Crippen LogP) is 1.31. The summed E-state index contributed by atoms with van der Waals surface area (Å²) in [5, 5.41) is 2.82. The summed E-state index contributed by atoms with van der Waals surface area (Å²) in [6, 6.07) is 6.07. The van der Waals surface area contributed by atoms with Gasteiger partial charge in [0.15, 0.2) is 0 Å². The lowest BCUT2D eigenvalue weighted by Crippen LogP contribution is -2.57. The van der Waals surface area contributed by atoms with E-state index < -0.39 is 10.0 Å². The highest BCUT2D eigenvalue weighted by Crippen LogP contribution is 2.29. The average Bonchev–Trinajstić information content (AvgIpc) is 2.69. The minimum absolute atomic E-state index is 0.0986. The van der Waals surface area contributed by atoms with Gasteiger partial charge in [0.1, 0.15) is 0 Å². The van der Waals surface area contributed by atoms with Crippen molar-refractivity contribution in [3.05, 3.63) is 24.3 Å². The molecule has 1 aromatic carbocycles. The van der Waals surface area contributed by atoms with Crippen LogP contribution in [-0.4, -0.2) is 76.2 Å². The first-order valence-corrected chi connectivity index (χ1v) is 10.7. The molecule has 2 amide bonds. The first-order valence-electron chi connectivity index (χ1n) is 9.26. The second-order valence-corrected chi connectivity index (χ2v) is 9.14. The van der Waals surface area contributed by atoms with Crippen molar-refractivity contribution in [1.82, 2.24) is 14.5 Å². The molecule has 2 aliphatic rings. The summed E-state index contributed by atoms with van der Waals surface area (Å²) in [5.74, 6) is 0. The number of nitrogens with zero attached hydrogens (tertiary/aromatic N) is 2. The number of carbonyl (C=O) groups is 1. The summed E-state index contributed by atoms with van der Waals surface area (Å²) in [5.41, 5.74) is 0.569. The molecular weight excluding hydrogens is 368 g/mol. The van der Waals surface area contributed by atoms with Gasteiger partial charge in [-0.25, -0.2) is 17.9 Å².